The highest BCUT2D eigenvalue weighted by molar-refractivity contribution is 7.90. The predicted molar refractivity (Wildman–Crippen MR) is 65.1 cm³/mol. The predicted octanol–water partition coefficient (Wildman–Crippen LogP) is 2.06. The zero-order chi connectivity index (χ0) is 15.6. The van der Waals surface area contributed by atoms with E-state index in [-0.39, 0.29) is 5.56 Å². The normalized spacial score (nSPS) is 13.8. The third kappa shape index (κ3) is 5.08. The van der Waals surface area contributed by atoms with Gasteiger partial charge in [0.05, 0.1) is 17.4 Å². The standard InChI is InChI=1S/C11H12F3NO4S/c1-20(18,19)6-9(15-10(16)17)7-3-2-4-8(5-7)11(12,13)14/h2-5,9,15H,6H2,1H3,(H,16,17). The molecule has 5 nitrogen and oxygen atoms in total. The Morgan fingerprint density at radius 2 is 2.00 bits per heavy atom. The van der Waals surface area contributed by atoms with Gasteiger partial charge in [0.2, 0.25) is 0 Å². The molecule has 0 bridgehead atoms. The minimum absolute atomic E-state index is 0.0624. The van der Waals surface area contributed by atoms with E-state index in [0.29, 0.717) is 0 Å². The molecule has 0 spiro atoms. The van der Waals surface area contributed by atoms with Gasteiger partial charge in [-0.1, -0.05) is 12.1 Å². The molecular weight excluding hydrogens is 299 g/mol. The number of carboxylic acid groups (broad SMARTS) is 1. The Hall–Kier alpha value is -1.77. The van der Waals surface area contributed by atoms with Crippen molar-refractivity contribution in [2.45, 2.75) is 12.2 Å². The van der Waals surface area contributed by atoms with E-state index in [4.69, 9.17) is 5.11 Å². The van der Waals surface area contributed by atoms with E-state index in [1.165, 1.54) is 6.07 Å². The Kier molecular flexibility index (Phi) is 4.64. The van der Waals surface area contributed by atoms with Crippen LogP contribution < -0.4 is 5.32 Å². The molecule has 0 aromatic heterocycles. The number of amides is 1. The summed E-state index contributed by atoms with van der Waals surface area (Å²) in [5, 5.41) is 10.5. The monoisotopic (exact) mass is 311 g/mol. The lowest BCUT2D eigenvalue weighted by Gasteiger charge is -2.17. The Morgan fingerprint density at radius 1 is 1.40 bits per heavy atom. The van der Waals surface area contributed by atoms with Crippen LogP contribution in [-0.2, 0) is 16.0 Å². The van der Waals surface area contributed by atoms with Crippen LogP contribution in [-0.4, -0.2) is 31.6 Å². The molecule has 0 radical (unpaired) electrons. The fourth-order valence-electron chi connectivity index (χ4n) is 1.60. The van der Waals surface area contributed by atoms with Gasteiger partial charge in [0.15, 0.2) is 0 Å². The molecule has 1 rings (SSSR count). The van der Waals surface area contributed by atoms with Crippen LogP contribution in [0.2, 0.25) is 0 Å². The van der Waals surface area contributed by atoms with Crippen molar-refractivity contribution in [2.24, 2.45) is 0 Å². The highest BCUT2D eigenvalue weighted by Gasteiger charge is 2.31. The van der Waals surface area contributed by atoms with Gasteiger partial charge in [-0.15, -0.1) is 0 Å². The molecule has 1 unspecified atom stereocenters. The van der Waals surface area contributed by atoms with Gasteiger partial charge in [-0.2, -0.15) is 13.2 Å². The van der Waals surface area contributed by atoms with E-state index in [1.807, 2.05) is 5.32 Å². The molecule has 0 aliphatic rings. The molecule has 0 aliphatic carbocycles. The maximum atomic E-state index is 12.6. The van der Waals surface area contributed by atoms with E-state index < -0.39 is 39.5 Å². The van der Waals surface area contributed by atoms with Crippen molar-refractivity contribution in [1.29, 1.82) is 0 Å². The molecule has 0 fully saturated rings. The average molecular weight is 311 g/mol. The van der Waals surface area contributed by atoms with Crippen LogP contribution in [0, 0.1) is 0 Å². The summed E-state index contributed by atoms with van der Waals surface area (Å²) in [5.74, 6) is -0.624. The molecule has 1 atom stereocenters. The molecule has 0 aliphatic heterocycles. The number of nitrogens with one attached hydrogen (secondary N) is 1. The molecule has 2 N–H and O–H groups in total. The highest BCUT2D eigenvalue weighted by atomic mass is 32.2. The number of halogens is 3. The number of sulfone groups is 1. The molecule has 0 saturated heterocycles. The Morgan fingerprint density at radius 3 is 2.45 bits per heavy atom. The third-order valence-electron chi connectivity index (χ3n) is 2.38. The van der Waals surface area contributed by atoms with Crippen LogP contribution in [0.25, 0.3) is 0 Å². The van der Waals surface area contributed by atoms with E-state index in [9.17, 15) is 26.4 Å². The molecule has 112 valence electrons. The van der Waals surface area contributed by atoms with Gasteiger partial charge in [0, 0.05) is 6.26 Å². The smallest absolute Gasteiger partial charge is 0.416 e. The van der Waals surface area contributed by atoms with Gasteiger partial charge in [-0.05, 0) is 17.7 Å². The Labute approximate surface area is 113 Å². The first kappa shape index (κ1) is 16.3. The van der Waals surface area contributed by atoms with Crippen molar-refractivity contribution >= 4 is 15.9 Å². The van der Waals surface area contributed by atoms with Crippen molar-refractivity contribution in [2.75, 3.05) is 12.0 Å². The molecular formula is C11H12F3NO4S. The maximum Gasteiger partial charge on any atom is 0.416 e. The van der Waals surface area contributed by atoms with Crippen molar-refractivity contribution in [3.05, 3.63) is 35.4 Å². The quantitative estimate of drug-likeness (QED) is 0.891. The fraction of sp³-hybridized carbons (Fsp3) is 0.364. The van der Waals surface area contributed by atoms with E-state index in [0.717, 1.165) is 24.5 Å². The van der Waals surface area contributed by atoms with Crippen molar-refractivity contribution in [1.82, 2.24) is 5.32 Å². The van der Waals surface area contributed by atoms with Crippen LogP contribution in [0.1, 0.15) is 17.2 Å². The van der Waals surface area contributed by atoms with Gasteiger partial charge in [0.1, 0.15) is 9.84 Å². The average Bonchev–Trinajstić information content (AvgIpc) is 2.24. The topological polar surface area (TPSA) is 83.5 Å². The minimum Gasteiger partial charge on any atom is -0.465 e. The van der Waals surface area contributed by atoms with E-state index in [1.54, 1.807) is 0 Å². The number of rotatable bonds is 4. The lowest BCUT2D eigenvalue weighted by atomic mass is 10.0. The zero-order valence-electron chi connectivity index (χ0n) is 10.3. The molecule has 1 amide bonds. The molecule has 1 aromatic rings. The van der Waals surface area contributed by atoms with Crippen LogP contribution in [0.5, 0.6) is 0 Å². The summed E-state index contributed by atoms with van der Waals surface area (Å²) in [7, 11) is -3.57. The third-order valence-corrected chi connectivity index (χ3v) is 3.32. The summed E-state index contributed by atoms with van der Waals surface area (Å²) in [6.07, 6.45) is -5.23. The number of alkyl halides is 3. The summed E-state index contributed by atoms with van der Waals surface area (Å²) in [6, 6.07) is 2.62. The second-order valence-corrected chi connectivity index (χ2v) is 6.40. The number of hydrogen-bond donors (Lipinski definition) is 2. The Balaban J connectivity index is 3.17. The highest BCUT2D eigenvalue weighted by Crippen LogP contribution is 2.31. The van der Waals surface area contributed by atoms with Crippen molar-refractivity contribution in [3.8, 4) is 0 Å². The molecule has 1 aromatic carbocycles. The molecule has 9 heteroatoms. The number of carbonyl (C=O) groups is 1. The van der Waals surface area contributed by atoms with E-state index >= 15 is 0 Å². The van der Waals surface area contributed by atoms with Crippen LogP contribution >= 0.6 is 0 Å². The second-order valence-electron chi connectivity index (χ2n) is 4.22. The zero-order valence-corrected chi connectivity index (χ0v) is 11.1. The maximum absolute atomic E-state index is 12.6. The van der Waals surface area contributed by atoms with Gasteiger partial charge in [0.25, 0.3) is 0 Å². The van der Waals surface area contributed by atoms with Gasteiger partial charge >= 0.3 is 12.3 Å². The molecule has 0 saturated carbocycles. The molecule has 0 heterocycles. The lowest BCUT2D eigenvalue weighted by Crippen LogP contribution is -2.32. The number of hydrogen-bond acceptors (Lipinski definition) is 3. The van der Waals surface area contributed by atoms with E-state index in [2.05, 4.69) is 0 Å². The van der Waals surface area contributed by atoms with Gasteiger partial charge in [-0.3, -0.25) is 0 Å². The SMILES string of the molecule is CS(=O)(=O)CC(NC(=O)O)c1cccc(C(F)(F)F)c1. The first-order valence-corrected chi connectivity index (χ1v) is 7.39. The van der Waals surface area contributed by atoms with Crippen LogP contribution in [0.15, 0.2) is 24.3 Å². The van der Waals surface area contributed by atoms with Crippen LogP contribution in [0.3, 0.4) is 0 Å². The fourth-order valence-corrected chi connectivity index (χ4v) is 2.49. The molecule has 20 heavy (non-hydrogen) atoms. The van der Waals surface area contributed by atoms with Crippen molar-refractivity contribution in [3.63, 3.8) is 0 Å². The summed E-state index contributed by atoms with van der Waals surface area (Å²) < 4.78 is 60.2. The van der Waals surface area contributed by atoms with Gasteiger partial charge < -0.3 is 10.4 Å². The van der Waals surface area contributed by atoms with Crippen molar-refractivity contribution < 1.29 is 31.5 Å². The summed E-state index contributed by atoms with van der Waals surface area (Å²) in [5.41, 5.74) is -1.03. The lowest BCUT2D eigenvalue weighted by molar-refractivity contribution is -0.137. The summed E-state index contributed by atoms with van der Waals surface area (Å²) in [6.45, 7) is 0. The first-order valence-electron chi connectivity index (χ1n) is 5.33. The summed E-state index contributed by atoms with van der Waals surface area (Å²) >= 11 is 0. The summed E-state index contributed by atoms with van der Waals surface area (Å²) in [4.78, 5) is 10.6. The minimum atomic E-state index is -4.59. The van der Waals surface area contributed by atoms with Gasteiger partial charge in [-0.25, -0.2) is 13.2 Å². The first-order chi connectivity index (χ1) is 8.99. The second kappa shape index (κ2) is 5.70. The number of benzene rings is 1. The van der Waals surface area contributed by atoms with Crippen LogP contribution in [0.4, 0.5) is 18.0 Å². The Bertz CT molecular complexity index is 598. The largest absolute Gasteiger partial charge is 0.465 e.